The smallest absolute Gasteiger partial charge is 0.258 e. The summed E-state index contributed by atoms with van der Waals surface area (Å²) in [5.74, 6) is -0.638. The topological polar surface area (TPSA) is 113 Å². The van der Waals surface area contributed by atoms with E-state index in [0.717, 1.165) is 0 Å². The van der Waals surface area contributed by atoms with E-state index >= 15 is 0 Å². The summed E-state index contributed by atoms with van der Waals surface area (Å²) in [4.78, 5) is 10.2. The number of hydrogen-bond acceptors (Lipinski definition) is 5. The van der Waals surface area contributed by atoms with E-state index < -0.39 is 20.7 Å². The standard InChI is InChI=1S/C10H11N3O4S/c1-8-9(3-2-4-10(8)13(14)15)7-12-18(16,17)6-5-11/h2-4,12H,6-7H2,1H3. The third kappa shape index (κ3) is 3.51. The highest BCUT2D eigenvalue weighted by molar-refractivity contribution is 7.89. The molecular formula is C10H11N3O4S. The van der Waals surface area contributed by atoms with Crippen LogP contribution in [-0.2, 0) is 16.6 Å². The second-order valence-electron chi connectivity index (χ2n) is 3.56. The largest absolute Gasteiger partial charge is 0.272 e. The predicted octanol–water partition coefficient (Wildman–Crippen LogP) is 0.846. The first-order chi connectivity index (χ1) is 8.37. The van der Waals surface area contributed by atoms with E-state index in [1.165, 1.54) is 18.2 Å². The van der Waals surface area contributed by atoms with Gasteiger partial charge in [0, 0.05) is 18.2 Å². The number of benzene rings is 1. The molecular weight excluding hydrogens is 258 g/mol. The van der Waals surface area contributed by atoms with Crippen LogP contribution in [0.3, 0.4) is 0 Å². The van der Waals surface area contributed by atoms with Gasteiger partial charge in [-0.3, -0.25) is 10.1 Å². The van der Waals surface area contributed by atoms with Crippen molar-refractivity contribution in [1.29, 1.82) is 5.26 Å². The van der Waals surface area contributed by atoms with Gasteiger partial charge >= 0.3 is 0 Å². The molecule has 0 aromatic heterocycles. The Bertz CT molecular complexity index is 604. The second-order valence-corrected chi connectivity index (χ2v) is 5.36. The average molecular weight is 269 g/mol. The van der Waals surface area contributed by atoms with Gasteiger partial charge in [0.1, 0.15) is 0 Å². The fraction of sp³-hybridized carbons (Fsp3) is 0.300. The zero-order chi connectivity index (χ0) is 13.8. The highest BCUT2D eigenvalue weighted by Gasteiger charge is 2.15. The molecule has 1 aromatic carbocycles. The maximum atomic E-state index is 11.3. The Morgan fingerprint density at radius 2 is 2.17 bits per heavy atom. The fourth-order valence-corrected chi connectivity index (χ4v) is 2.03. The van der Waals surface area contributed by atoms with Crippen molar-refractivity contribution >= 4 is 15.7 Å². The summed E-state index contributed by atoms with van der Waals surface area (Å²) in [6.45, 7) is 1.48. The lowest BCUT2D eigenvalue weighted by Crippen LogP contribution is -2.25. The third-order valence-corrected chi connectivity index (χ3v) is 3.44. The highest BCUT2D eigenvalue weighted by atomic mass is 32.2. The minimum atomic E-state index is -3.66. The van der Waals surface area contributed by atoms with Crippen LogP contribution >= 0.6 is 0 Å². The molecule has 0 amide bonds. The van der Waals surface area contributed by atoms with Crippen LogP contribution in [-0.4, -0.2) is 19.1 Å². The SMILES string of the molecule is Cc1c(CNS(=O)(=O)CC#N)cccc1[N+](=O)[O-]. The van der Waals surface area contributed by atoms with E-state index in [2.05, 4.69) is 4.72 Å². The Morgan fingerprint density at radius 1 is 1.50 bits per heavy atom. The van der Waals surface area contributed by atoms with Gasteiger partial charge in [0.2, 0.25) is 10.0 Å². The normalized spacial score (nSPS) is 10.9. The molecule has 0 aliphatic carbocycles. The number of nitriles is 1. The van der Waals surface area contributed by atoms with Gasteiger partial charge in [-0.1, -0.05) is 12.1 Å². The number of rotatable bonds is 5. The van der Waals surface area contributed by atoms with Gasteiger partial charge < -0.3 is 0 Å². The number of nitrogens with zero attached hydrogens (tertiary/aromatic N) is 2. The molecule has 0 unspecified atom stereocenters. The van der Waals surface area contributed by atoms with Crippen LogP contribution in [0.5, 0.6) is 0 Å². The Balaban J connectivity index is 2.91. The summed E-state index contributed by atoms with van der Waals surface area (Å²) >= 11 is 0. The van der Waals surface area contributed by atoms with E-state index in [9.17, 15) is 18.5 Å². The molecule has 1 aromatic rings. The Hall–Kier alpha value is -1.98. The molecule has 1 N–H and O–H groups in total. The van der Waals surface area contributed by atoms with Crippen molar-refractivity contribution in [3.8, 4) is 6.07 Å². The number of hydrogen-bond donors (Lipinski definition) is 1. The molecule has 0 fully saturated rings. The Morgan fingerprint density at radius 3 is 2.72 bits per heavy atom. The summed E-state index contributed by atoms with van der Waals surface area (Å²) in [5.41, 5.74) is 0.847. The van der Waals surface area contributed by atoms with Crippen LogP contribution in [0.1, 0.15) is 11.1 Å². The van der Waals surface area contributed by atoms with Crippen molar-refractivity contribution in [2.45, 2.75) is 13.5 Å². The first-order valence-corrected chi connectivity index (χ1v) is 6.60. The fourth-order valence-electron chi connectivity index (χ4n) is 1.38. The van der Waals surface area contributed by atoms with E-state index in [0.29, 0.717) is 11.1 Å². The van der Waals surface area contributed by atoms with E-state index in [-0.39, 0.29) is 12.2 Å². The molecule has 0 spiro atoms. The van der Waals surface area contributed by atoms with Crippen molar-refractivity contribution in [1.82, 2.24) is 4.72 Å². The number of nitro groups is 1. The molecule has 0 aliphatic heterocycles. The van der Waals surface area contributed by atoms with Gasteiger partial charge in [0.05, 0.1) is 11.0 Å². The lowest BCUT2D eigenvalue weighted by molar-refractivity contribution is -0.385. The molecule has 0 atom stereocenters. The molecule has 0 saturated carbocycles. The van der Waals surface area contributed by atoms with Crippen molar-refractivity contribution in [3.63, 3.8) is 0 Å². The molecule has 7 nitrogen and oxygen atoms in total. The lowest BCUT2D eigenvalue weighted by atomic mass is 10.1. The first kappa shape index (κ1) is 14.1. The Labute approximate surface area is 104 Å². The maximum Gasteiger partial charge on any atom is 0.272 e. The highest BCUT2D eigenvalue weighted by Crippen LogP contribution is 2.20. The van der Waals surface area contributed by atoms with E-state index in [1.807, 2.05) is 0 Å². The van der Waals surface area contributed by atoms with Gasteiger partial charge in [-0.15, -0.1) is 0 Å². The van der Waals surface area contributed by atoms with Crippen LogP contribution in [0.15, 0.2) is 18.2 Å². The zero-order valence-electron chi connectivity index (χ0n) is 9.58. The van der Waals surface area contributed by atoms with E-state index in [4.69, 9.17) is 5.26 Å². The summed E-state index contributed by atoms with van der Waals surface area (Å²) in [6.07, 6.45) is 0. The Kier molecular flexibility index (Phi) is 4.36. The maximum absolute atomic E-state index is 11.3. The summed E-state index contributed by atoms with van der Waals surface area (Å²) < 4.78 is 24.7. The quantitative estimate of drug-likeness (QED) is 0.628. The number of sulfonamides is 1. The van der Waals surface area contributed by atoms with Crippen LogP contribution in [0.2, 0.25) is 0 Å². The third-order valence-electron chi connectivity index (χ3n) is 2.35. The van der Waals surface area contributed by atoms with Gasteiger partial charge in [-0.25, -0.2) is 13.1 Å². The lowest BCUT2D eigenvalue weighted by Gasteiger charge is -2.07. The van der Waals surface area contributed by atoms with Gasteiger partial charge in [-0.2, -0.15) is 5.26 Å². The van der Waals surface area contributed by atoms with Gasteiger partial charge in [-0.05, 0) is 12.5 Å². The second kappa shape index (κ2) is 5.57. The zero-order valence-corrected chi connectivity index (χ0v) is 10.4. The average Bonchev–Trinajstić information content (AvgIpc) is 2.27. The van der Waals surface area contributed by atoms with Crippen molar-refractivity contribution < 1.29 is 13.3 Å². The summed E-state index contributed by atoms with van der Waals surface area (Å²) in [7, 11) is -3.66. The van der Waals surface area contributed by atoms with Crippen molar-refractivity contribution in [2.24, 2.45) is 0 Å². The number of nitro benzene ring substituents is 1. The van der Waals surface area contributed by atoms with Crippen LogP contribution in [0.25, 0.3) is 0 Å². The van der Waals surface area contributed by atoms with Crippen LogP contribution in [0.4, 0.5) is 5.69 Å². The van der Waals surface area contributed by atoms with E-state index in [1.54, 1.807) is 13.0 Å². The van der Waals surface area contributed by atoms with Crippen molar-refractivity contribution in [2.75, 3.05) is 5.75 Å². The van der Waals surface area contributed by atoms with Crippen LogP contribution in [0, 0.1) is 28.4 Å². The molecule has 0 aliphatic rings. The summed E-state index contributed by atoms with van der Waals surface area (Å²) in [5, 5.41) is 19.0. The minimum absolute atomic E-state index is 0.0630. The monoisotopic (exact) mass is 269 g/mol. The number of nitrogens with one attached hydrogen (secondary N) is 1. The molecule has 8 heteroatoms. The minimum Gasteiger partial charge on any atom is -0.258 e. The summed E-state index contributed by atoms with van der Waals surface area (Å²) in [6, 6.07) is 5.96. The molecule has 0 heterocycles. The predicted molar refractivity (Wildman–Crippen MR) is 64.1 cm³/mol. The molecule has 96 valence electrons. The van der Waals surface area contributed by atoms with Gasteiger partial charge in [0.15, 0.2) is 5.75 Å². The molecule has 0 bridgehead atoms. The molecule has 0 saturated heterocycles. The molecule has 18 heavy (non-hydrogen) atoms. The van der Waals surface area contributed by atoms with Crippen LogP contribution < -0.4 is 4.72 Å². The van der Waals surface area contributed by atoms with Gasteiger partial charge in [0.25, 0.3) is 5.69 Å². The molecule has 0 radical (unpaired) electrons. The molecule has 1 rings (SSSR count). The first-order valence-electron chi connectivity index (χ1n) is 4.94. The van der Waals surface area contributed by atoms with Crippen molar-refractivity contribution in [3.05, 3.63) is 39.4 Å².